The summed E-state index contributed by atoms with van der Waals surface area (Å²) in [4.78, 5) is 24.6. The van der Waals surface area contributed by atoms with Crippen molar-refractivity contribution >= 4 is 12.1 Å². The van der Waals surface area contributed by atoms with Gasteiger partial charge in [0.15, 0.2) is 0 Å². The molecule has 0 radical (unpaired) electrons. The molecule has 1 amide bonds. The van der Waals surface area contributed by atoms with E-state index in [0.717, 1.165) is 37.7 Å². The fraction of sp³-hybridized carbons (Fsp3) is 0.600. The Bertz CT molecular complexity index is 643. The number of methoxy groups -OCH3 is 1. The van der Waals surface area contributed by atoms with Crippen LogP contribution in [0.4, 0.5) is 4.79 Å². The van der Waals surface area contributed by atoms with Gasteiger partial charge in [0, 0.05) is 6.04 Å². The van der Waals surface area contributed by atoms with Crippen molar-refractivity contribution in [2.45, 2.75) is 44.8 Å². The lowest BCUT2D eigenvalue weighted by atomic mass is 9.48. The molecule has 134 valence electrons. The summed E-state index contributed by atoms with van der Waals surface area (Å²) in [6, 6.07) is 9.81. The van der Waals surface area contributed by atoms with Gasteiger partial charge in [-0.1, -0.05) is 30.3 Å². The first-order valence-electron chi connectivity index (χ1n) is 9.15. The lowest BCUT2D eigenvalue weighted by Crippen LogP contribution is -2.61. The van der Waals surface area contributed by atoms with Crippen molar-refractivity contribution in [1.29, 1.82) is 0 Å². The van der Waals surface area contributed by atoms with Crippen LogP contribution in [0.1, 0.15) is 37.7 Å². The van der Waals surface area contributed by atoms with Crippen molar-refractivity contribution in [2.75, 3.05) is 7.11 Å². The number of ether oxygens (including phenoxy) is 2. The van der Waals surface area contributed by atoms with Crippen LogP contribution in [-0.4, -0.2) is 25.2 Å². The summed E-state index contributed by atoms with van der Waals surface area (Å²) in [5, 5.41) is 3.09. The smallest absolute Gasteiger partial charge is 0.407 e. The normalized spacial score (nSPS) is 35.2. The second-order valence-electron chi connectivity index (χ2n) is 7.97. The molecule has 4 aliphatic carbocycles. The van der Waals surface area contributed by atoms with Crippen LogP contribution in [0.5, 0.6) is 0 Å². The molecule has 4 saturated carbocycles. The van der Waals surface area contributed by atoms with Crippen molar-refractivity contribution < 1.29 is 19.1 Å². The van der Waals surface area contributed by atoms with E-state index in [1.165, 1.54) is 7.11 Å². The number of rotatable bonds is 4. The van der Waals surface area contributed by atoms with E-state index in [0.29, 0.717) is 17.8 Å². The number of alkyl carbamates (subject to hydrolysis) is 1. The highest BCUT2D eigenvalue weighted by Crippen LogP contribution is 2.60. The van der Waals surface area contributed by atoms with Crippen LogP contribution in [0.3, 0.4) is 0 Å². The Morgan fingerprint density at radius 3 is 2.44 bits per heavy atom. The van der Waals surface area contributed by atoms with Crippen LogP contribution in [0.2, 0.25) is 0 Å². The van der Waals surface area contributed by atoms with Crippen LogP contribution in [0, 0.1) is 23.2 Å². The Morgan fingerprint density at radius 1 is 1.12 bits per heavy atom. The standard InChI is InChI=1S/C20H25NO4/c1-24-18(22)20-9-14-7-15(10-20)17(16(8-14)11-20)21-19(23)25-12-13-5-3-2-4-6-13/h2-6,14-17H,7-12H2,1H3,(H,21,23)/t14-,15-,16+,17?,20-. The van der Waals surface area contributed by atoms with Crippen molar-refractivity contribution in [3.63, 3.8) is 0 Å². The predicted octanol–water partition coefficient (Wildman–Crippen LogP) is 3.28. The van der Waals surface area contributed by atoms with Gasteiger partial charge >= 0.3 is 12.1 Å². The van der Waals surface area contributed by atoms with Gasteiger partial charge in [-0.2, -0.15) is 0 Å². The summed E-state index contributed by atoms with van der Waals surface area (Å²) in [6.07, 6.45) is 4.45. The third-order valence-electron chi connectivity index (χ3n) is 6.39. The van der Waals surface area contributed by atoms with Crippen molar-refractivity contribution in [3.8, 4) is 0 Å². The zero-order chi connectivity index (χ0) is 17.4. The molecule has 5 heteroatoms. The van der Waals surface area contributed by atoms with Gasteiger partial charge in [-0.25, -0.2) is 4.79 Å². The van der Waals surface area contributed by atoms with E-state index in [2.05, 4.69) is 5.32 Å². The molecular weight excluding hydrogens is 318 g/mol. The molecule has 0 spiro atoms. The Hall–Kier alpha value is -2.04. The summed E-state index contributed by atoms with van der Waals surface area (Å²) in [6.45, 7) is 0.281. The summed E-state index contributed by atoms with van der Waals surface area (Å²) in [7, 11) is 1.48. The van der Waals surface area contributed by atoms with Crippen molar-refractivity contribution in [3.05, 3.63) is 35.9 Å². The second kappa shape index (κ2) is 6.36. The van der Waals surface area contributed by atoms with Gasteiger partial charge in [0.05, 0.1) is 12.5 Å². The van der Waals surface area contributed by atoms with Crippen molar-refractivity contribution in [1.82, 2.24) is 5.32 Å². The Kier molecular flexibility index (Phi) is 4.18. The highest BCUT2D eigenvalue weighted by Gasteiger charge is 2.59. The molecular formula is C20H25NO4. The van der Waals surface area contributed by atoms with Gasteiger partial charge in [-0.05, 0) is 55.4 Å². The Balaban J connectivity index is 1.38. The average molecular weight is 343 g/mol. The molecule has 0 heterocycles. The van der Waals surface area contributed by atoms with Crippen LogP contribution < -0.4 is 5.32 Å². The van der Waals surface area contributed by atoms with E-state index in [1.54, 1.807) is 0 Å². The fourth-order valence-corrected chi connectivity index (χ4v) is 5.63. The zero-order valence-electron chi connectivity index (χ0n) is 14.6. The zero-order valence-corrected chi connectivity index (χ0v) is 14.6. The molecule has 4 aliphatic rings. The number of nitrogens with one attached hydrogen (secondary N) is 1. The van der Waals surface area contributed by atoms with Gasteiger partial charge in [-0.15, -0.1) is 0 Å². The first-order chi connectivity index (χ1) is 12.1. The molecule has 1 N–H and O–H groups in total. The van der Waals surface area contributed by atoms with Gasteiger partial charge < -0.3 is 14.8 Å². The summed E-state index contributed by atoms with van der Waals surface area (Å²) in [5.41, 5.74) is 0.671. The second-order valence-corrected chi connectivity index (χ2v) is 7.97. The van der Waals surface area contributed by atoms with Gasteiger partial charge in [0.1, 0.15) is 6.61 Å². The highest BCUT2D eigenvalue weighted by atomic mass is 16.5. The topological polar surface area (TPSA) is 64.6 Å². The molecule has 0 aromatic heterocycles. The van der Waals surface area contributed by atoms with E-state index in [4.69, 9.17) is 9.47 Å². The van der Waals surface area contributed by atoms with E-state index < -0.39 is 0 Å². The predicted molar refractivity (Wildman–Crippen MR) is 91.6 cm³/mol. The summed E-state index contributed by atoms with van der Waals surface area (Å²) in [5.74, 6) is 1.25. The third kappa shape index (κ3) is 3.00. The number of carbonyl (C=O) groups is 2. The quantitative estimate of drug-likeness (QED) is 0.852. The minimum absolute atomic E-state index is 0.0583. The number of benzene rings is 1. The number of hydrogen-bond donors (Lipinski definition) is 1. The lowest BCUT2D eigenvalue weighted by molar-refractivity contribution is -0.170. The first kappa shape index (κ1) is 16.4. The molecule has 1 aromatic carbocycles. The molecule has 4 fully saturated rings. The number of amides is 1. The molecule has 25 heavy (non-hydrogen) atoms. The maximum atomic E-state index is 12.3. The first-order valence-corrected chi connectivity index (χ1v) is 9.15. The lowest BCUT2D eigenvalue weighted by Gasteiger charge is -2.58. The molecule has 5 nitrogen and oxygen atoms in total. The van der Waals surface area contributed by atoms with Gasteiger partial charge in [0.2, 0.25) is 0 Å². The van der Waals surface area contributed by atoms with E-state index in [-0.39, 0.29) is 30.1 Å². The molecule has 0 saturated heterocycles. The summed E-state index contributed by atoms with van der Waals surface area (Å²) >= 11 is 0. The van der Waals surface area contributed by atoms with Crippen molar-refractivity contribution in [2.24, 2.45) is 23.2 Å². The molecule has 4 bridgehead atoms. The highest BCUT2D eigenvalue weighted by molar-refractivity contribution is 5.77. The Labute approximate surface area is 148 Å². The van der Waals surface area contributed by atoms with Crippen LogP contribution >= 0.6 is 0 Å². The van der Waals surface area contributed by atoms with Crippen LogP contribution in [-0.2, 0) is 20.9 Å². The maximum absolute atomic E-state index is 12.3. The minimum Gasteiger partial charge on any atom is -0.469 e. The average Bonchev–Trinajstić information content (AvgIpc) is 2.62. The molecule has 5 rings (SSSR count). The summed E-state index contributed by atoms with van der Waals surface area (Å²) < 4.78 is 10.5. The SMILES string of the molecule is COC(=O)[C@]12C[C@@H]3C[C@H](C1)C(NC(=O)OCc1ccccc1)[C@@H](C3)C2. The van der Waals surface area contributed by atoms with E-state index >= 15 is 0 Å². The minimum atomic E-state index is -0.353. The largest absolute Gasteiger partial charge is 0.469 e. The number of esters is 1. The van der Waals surface area contributed by atoms with E-state index in [9.17, 15) is 9.59 Å². The van der Waals surface area contributed by atoms with Crippen LogP contribution in [0.15, 0.2) is 30.3 Å². The molecule has 1 aromatic rings. The third-order valence-corrected chi connectivity index (χ3v) is 6.39. The molecule has 0 aliphatic heterocycles. The molecule has 5 atom stereocenters. The van der Waals surface area contributed by atoms with E-state index in [1.807, 2.05) is 30.3 Å². The monoisotopic (exact) mass is 343 g/mol. The van der Waals surface area contributed by atoms with Crippen LogP contribution in [0.25, 0.3) is 0 Å². The maximum Gasteiger partial charge on any atom is 0.407 e. The number of carbonyl (C=O) groups excluding carboxylic acids is 2. The Morgan fingerprint density at radius 2 is 1.80 bits per heavy atom. The van der Waals surface area contributed by atoms with Gasteiger partial charge in [-0.3, -0.25) is 4.79 Å². The molecule has 1 unspecified atom stereocenters. The number of hydrogen-bond acceptors (Lipinski definition) is 4. The fourth-order valence-electron chi connectivity index (χ4n) is 5.63. The van der Waals surface area contributed by atoms with Gasteiger partial charge in [0.25, 0.3) is 0 Å².